The summed E-state index contributed by atoms with van der Waals surface area (Å²) >= 11 is 0. The molecule has 0 aliphatic carbocycles. The number of nitrogens with zero attached hydrogens (tertiary/aromatic N) is 4. The summed E-state index contributed by atoms with van der Waals surface area (Å²) in [6.45, 7) is 5.82. The van der Waals surface area contributed by atoms with E-state index in [0.29, 0.717) is 37.8 Å². The van der Waals surface area contributed by atoms with E-state index >= 15 is 0 Å². The summed E-state index contributed by atoms with van der Waals surface area (Å²) < 4.78 is 30.1. The number of rotatable bonds is 11. The molecule has 3 heterocycles. The molecule has 1 fully saturated rings. The lowest BCUT2D eigenvalue weighted by Gasteiger charge is -2.39. The maximum absolute atomic E-state index is 14.2. The summed E-state index contributed by atoms with van der Waals surface area (Å²) in [5.41, 5.74) is -0.157. The van der Waals surface area contributed by atoms with Gasteiger partial charge in [-0.1, -0.05) is 30.1 Å². The number of benzene rings is 1. The Bertz CT molecular complexity index is 1280. The van der Waals surface area contributed by atoms with E-state index in [0.717, 1.165) is 0 Å². The number of halogens is 1. The van der Waals surface area contributed by atoms with Gasteiger partial charge in [0.05, 0.1) is 11.5 Å². The van der Waals surface area contributed by atoms with Gasteiger partial charge < -0.3 is 23.9 Å². The second kappa shape index (κ2) is 12.2. The Balaban J connectivity index is 1.35. The van der Waals surface area contributed by atoms with E-state index in [9.17, 15) is 18.8 Å². The molecule has 1 N–H and O–H groups in total. The Morgan fingerprint density at radius 2 is 1.90 bits per heavy atom. The fraction of sp³-hybridized carbons (Fsp3) is 0.481. The van der Waals surface area contributed by atoms with Crippen molar-refractivity contribution in [3.05, 3.63) is 54.0 Å². The predicted molar refractivity (Wildman–Crippen MR) is 136 cm³/mol. The zero-order chi connectivity index (χ0) is 28.0. The van der Waals surface area contributed by atoms with E-state index in [-0.39, 0.29) is 42.1 Å². The summed E-state index contributed by atoms with van der Waals surface area (Å²) in [7, 11) is 0. The topological polar surface area (TPSA) is 141 Å². The number of ketones is 1. The van der Waals surface area contributed by atoms with Gasteiger partial charge in [0.2, 0.25) is 11.8 Å². The number of carbonyl (C=O) groups excluding carboxylic acids is 3. The molecule has 12 heteroatoms. The first-order valence-corrected chi connectivity index (χ1v) is 12.9. The molecule has 11 nitrogen and oxygen atoms in total. The average Bonchev–Trinajstić information content (AvgIpc) is 3.54. The number of carbonyl (C=O) groups is 3. The minimum Gasteiger partial charge on any atom is -0.444 e. The lowest BCUT2D eigenvalue weighted by Crippen LogP contribution is -2.57. The monoisotopic (exact) mass is 541 g/mol. The van der Waals surface area contributed by atoms with Gasteiger partial charge in [0.25, 0.3) is 5.89 Å². The van der Waals surface area contributed by atoms with Crippen LogP contribution in [-0.4, -0.2) is 56.7 Å². The number of hydrogen-bond acceptors (Lipinski definition) is 9. The maximum atomic E-state index is 14.2. The van der Waals surface area contributed by atoms with Crippen molar-refractivity contribution < 1.29 is 32.5 Å². The highest BCUT2D eigenvalue weighted by Gasteiger charge is 2.39. The molecule has 1 aromatic carbocycles. The summed E-state index contributed by atoms with van der Waals surface area (Å²) in [6.07, 6.45) is 3.67. The largest absolute Gasteiger partial charge is 0.444 e. The summed E-state index contributed by atoms with van der Waals surface area (Å²) in [6, 6.07) is 6.96. The van der Waals surface area contributed by atoms with Gasteiger partial charge in [0.1, 0.15) is 29.4 Å². The minimum absolute atomic E-state index is 0.0142. The van der Waals surface area contributed by atoms with E-state index in [1.54, 1.807) is 32.9 Å². The number of likely N-dealkylation sites (tertiary alicyclic amines) is 1. The van der Waals surface area contributed by atoms with E-state index in [4.69, 9.17) is 13.7 Å². The fourth-order valence-electron chi connectivity index (χ4n) is 4.08. The summed E-state index contributed by atoms with van der Waals surface area (Å²) in [4.78, 5) is 38.8. The van der Waals surface area contributed by atoms with Gasteiger partial charge >= 0.3 is 6.09 Å². The highest BCUT2D eigenvalue weighted by molar-refractivity contribution is 5.93. The molecule has 39 heavy (non-hydrogen) atoms. The third-order valence-electron chi connectivity index (χ3n) is 6.18. The first kappa shape index (κ1) is 27.9. The zero-order valence-electron chi connectivity index (χ0n) is 22.2. The van der Waals surface area contributed by atoms with Crippen molar-refractivity contribution in [3.8, 4) is 11.5 Å². The second-order valence-corrected chi connectivity index (χ2v) is 10.5. The van der Waals surface area contributed by atoms with Crippen LogP contribution in [0.1, 0.15) is 75.3 Å². The Labute approximate surface area is 225 Å². The molecule has 4 rings (SSSR count). The molecule has 3 aromatic rings. The first-order chi connectivity index (χ1) is 18.6. The number of nitrogens with one attached hydrogen (secondary N) is 1. The summed E-state index contributed by atoms with van der Waals surface area (Å²) in [5, 5.41) is 14.7. The highest BCUT2D eigenvalue weighted by Crippen LogP contribution is 2.27. The molecular weight excluding hydrogens is 509 g/mol. The van der Waals surface area contributed by atoms with Gasteiger partial charge in [0, 0.05) is 25.6 Å². The normalized spacial score (nSPS) is 14.5. The third kappa shape index (κ3) is 7.49. The van der Waals surface area contributed by atoms with Gasteiger partial charge in [-0.2, -0.15) is 0 Å². The van der Waals surface area contributed by atoms with Crippen LogP contribution < -0.4 is 5.32 Å². The Morgan fingerprint density at radius 1 is 1.13 bits per heavy atom. The molecular formula is C27H32FN5O6. The van der Waals surface area contributed by atoms with Gasteiger partial charge in [-0.15, -0.1) is 10.2 Å². The molecule has 2 amide bonds. The number of ether oxygens (including phenoxy) is 1. The molecule has 2 aromatic heterocycles. The van der Waals surface area contributed by atoms with E-state index in [1.165, 1.54) is 29.4 Å². The second-order valence-electron chi connectivity index (χ2n) is 10.5. The van der Waals surface area contributed by atoms with Crippen LogP contribution in [0.2, 0.25) is 0 Å². The number of aromatic nitrogens is 3. The Morgan fingerprint density at radius 3 is 2.59 bits per heavy atom. The molecule has 1 aliphatic heterocycles. The van der Waals surface area contributed by atoms with Crippen molar-refractivity contribution in [1.29, 1.82) is 0 Å². The minimum atomic E-state index is -0.622. The van der Waals surface area contributed by atoms with E-state index < -0.39 is 29.5 Å². The molecule has 208 valence electrons. The zero-order valence-corrected chi connectivity index (χ0v) is 22.2. The van der Waals surface area contributed by atoms with Crippen LogP contribution in [0.4, 0.5) is 9.18 Å². The quantitative estimate of drug-likeness (QED) is 0.270. The highest BCUT2D eigenvalue weighted by atomic mass is 19.1. The van der Waals surface area contributed by atoms with Crippen molar-refractivity contribution in [2.75, 3.05) is 13.1 Å². The molecule has 0 unspecified atom stereocenters. The Kier molecular flexibility index (Phi) is 8.72. The standard InChI is InChI=1S/C27H32FN5O6/c1-27(2,3)39-26(36)33-15-17(16-33)23(35)29-21(11-5-4-6-12-22(34)20-13-14-37-32-20)25-31-30-24(38-25)18-9-7-8-10-19(18)28/h7-10,13-14,17,21H,4-6,11-12,15-16H2,1-3H3,(H,29,35)/t21-/m0/s1. The van der Waals surface area contributed by atoms with Crippen LogP contribution in [-0.2, 0) is 9.53 Å². The molecule has 1 atom stereocenters. The van der Waals surface area contributed by atoms with Crippen molar-refractivity contribution in [2.24, 2.45) is 5.92 Å². The van der Waals surface area contributed by atoms with E-state index in [2.05, 4.69) is 20.7 Å². The number of unbranched alkanes of at least 4 members (excludes halogenated alkanes) is 2. The third-order valence-corrected chi connectivity index (χ3v) is 6.18. The van der Waals surface area contributed by atoms with Crippen molar-refractivity contribution in [1.82, 2.24) is 25.6 Å². The van der Waals surface area contributed by atoms with Crippen molar-refractivity contribution in [3.63, 3.8) is 0 Å². The smallest absolute Gasteiger partial charge is 0.410 e. The van der Waals surface area contributed by atoms with Gasteiger partial charge in [-0.3, -0.25) is 9.59 Å². The molecule has 0 saturated carbocycles. The van der Waals surface area contributed by atoms with Crippen molar-refractivity contribution >= 4 is 17.8 Å². The number of hydrogen-bond donors (Lipinski definition) is 1. The van der Waals surface area contributed by atoms with Crippen LogP contribution in [0.15, 0.2) is 45.5 Å². The van der Waals surface area contributed by atoms with Gasteiger partial charge in [0.15, 0.2) is 5.78 Å². The molecule has 0 bridgehead atoms. The van der Waals surface area contributed by atoms with Crippen LogP contribution in [0.3, 0.4) is 0 Å². The first-order valence-electron chi connectivity index (χ1n) is 12.9. The van der Waals surface area contributed by atoms with Crippen LogP contribution in [0.25, 0.3) is 11.5 Å². The SMILES string of the molecule is CC(C)(C)OC(=O)N1CC(C(=O)N[C@@H](CCCCCC(=O)c2ccon2)c2nnc(-c3ccccc3F)o2)C1. The summed E-state index contributed by atoms with van der Waals surface area (Å²) in [5.74, 6) is -1.09. The van der Waals surface area contributed by atoms with Crippen molar-refractivity contribution in [2.45, 2.75) is 64.5 Å². The lowest BCUT2D eigenvalue weighted by molar-refractivity contribution is -0.130. The molecule has 1 aliphatic rings. The van der Waals surface area contributed by atoms with Crippen LogP contribution >= 0.6 is 0 Å². The van der Waals surface area contributed by atoms with Gasteiger partial charge in [-0.05, 0) is 45.7 Å². The van der Waals surface area contributed by atoms with Gasteiger partial charge in [-0.25, -0.2) is 9.18 Å². The molecule has 0 spiro atoms. The molecule has 1 saturated heterocycles. The fourth-order valence-corrected chi connectivity index (χ4v) is 4.08. The van der Waals surface area contributed by atoms with Crippen LogP contribution in [0.5, 0.6) is 0 Å². The number of Topliss-reactive ketones (excluding diaryl/α,β-unsaturated/α-hetero) is 1. The average molecular weight is 542 g/mol. The van der Waals surface area contributed by atoms with Crippen LogP contribution in [0, 0.1) is 11.7 Å². The molecule has 0 radical (unpaired) electrons. The lowest BCUT2D eigenvalue weighted by atomic mass is 9.98. The predicted octanol–water partition coefficient (Wildman–Crippen LogP) is 4.72. The maximum Gasteiger partial charge on any atom is 0.410 e. The van der Waals surface area contributed by atoms with E-state index in [1.807, 2.05) is 0 Å². The number of amides is 2. The Hall–Kier alpha value is -4.09.